The molecule has 0 saturated heterocycles. The van der Waals surface area contributed by atoms with Gasteiger partial charge in [0.1, 0.15) is 0 Å². The SMILES string of the molecule is CC(C)CC(CO)NCC(O)c1cccc(Br)c1. The van der Waals surface area contributed by atoms with Crippen LogP contribution in [0.1, 0.15) is 31.9 Å². The molecule has 2 unspecified atom stereocenters. The first-order valence-electron chi connectivity index (χ1n) is 6.30. The zero-order valence-electron chi connectivity index (χ0n) is 10.9. The molecular weight excluding hydrogens is 294 g/mol. The van der Waals surface area contributed by atoms with Crippen molar-refractivity contribution >= 4 is 15.9 Å². The third-order valence-electron chi connectivity index (χ3n) is 2.81. The van der Waals surface area contributed by atoms with Crippen LogP contribution in [0.25, 0.3) is 0 Å². The third kappa shape index (κ3) is 5.48. The molecule has 0 aliphatic rings. The molecule has 18 heavy (non-hydrogen) atoms. The van der Waals surface area contributed by atoms with E-state index in [9.17, 15) is 10.2 Å². The lowest BCUT2D eigenvalue weighted by molar-refractivity contribution is 0.153. The van der Waals surface area contributed by atoms with E-state index in [0.717, 1.165) is 16.5 Å². The fraction of sp³-hybridized carbons (Fsp3) is 0.571. The summed E-state index contributed by atoms with van der Waals surface area (Å²) < 4.78 is 0.958. The highest BCUT2D eigenvalue weighted by atomic mass is 79.9. The summed E-state index contributed by atoms with van der Waals surface area (Å²) in [5.74, 6) is 0.526. The Morgan fingerprint density at radius 1 is 1.33 bits per heavy atom. The quantitative estimate of drug-likeness (QED) is 0.724. The fourth-order valence-electron chi connectivity index (χ4n) is 1.90. The smallest absolute Gasteiger partial charge is 0.0914 e. The van der Waals surface area contributed by atoms with Crippen molar-refractivity contribution in [2.75, 3.05) is 13.2 Å². The number of nitrogens with one attached hydrogen (secondary N) is 1. The van der Waals surface area contributed by atoms with E-state index in [0.29, 0.717) is 12.5 Å². The standard InChI is InChI=1S/C14H22BrNO2/c1-10(2)6-13(9-17)16-8-14(18)11-4-3-5-12(15)7-11/h3-5,7,10,13-14,16-18H,6,8-9H2,1-2H3. The van der Waals surface area contributed by atoms with E-state index < -0.39 is 6.10 Å². The van der Waals surface area contributed by atoms with Crippen LogP contribution in [-0.2, 0) is 0 Å². The van der Waals surface area contributed by atoms with Crippen LogP contribution in [0.15, 0.2) is 28.7 Å². The second-order valence-corrected chi connectivity index (χ2v) is 5.90. The largest absolute Gasteiger partial charge is 0.395 e. The molecule has 0 aliphatic carbocycles. The molecule has 2 atom stereocenters. The van der Waals surface area contributed by atoms with E-state index in [1.54, 1.807) is 0 Å². The molecule has 0 bridgehead atoms. The van der Waals surface area contributed by atoms with Crippen LogP contribution in [0.3, 0.4) is 0 Å². The fourth-order valence-corrected chi connectivity index (χ4v) is 2.32. The summed E-state index contributed by atoms with van der Waals surface area (Å²) in [6.45, 7) is 4.79. The van der Waals surface area contributed by atoms with E-state index in [1.165, 1.54) is 0 Å². The van der Waals surface area contributed by atoms with Crippen molar-refractivity contribution in [3.63, 3.8) is 0 Å². The van der Waals surface area contributed by atoms with Crippen molar-refractivity contribution in [1.82, 2.24) is 5.32 Å². The predicted octanol–water partition coefficient (Wildman–Crippen LogP) is 2.48. The number of aliphatic hydroxyl groups is 2. The van der Waals surface area contributed by atoms with E-state index in [2.05, 4.69) is 35.1 Å². The molecule has 0 spiro atoms. The second-order valence-electron chi connectivity index (χ2n) is 4.99. The zero-order valence-corrected chi connectivity index (χ0v) is 12.5. The molecule has 0 fully saturated rings. The van der Waals surface area contributed by atoms with Gasteiger partial charge >= 0.3 is 0 Å². The molecule has 0 aromatic heterocycles. The molecule has 0 amide bonds. The summed E-state index contributed by atoms with van der Waals surface area (Å²) in [7, 11) is 0. The van der Waals surface area contributed by atoms with Crippen LogP contribution < -0.4 is 5.32 Å². The molecule has 102 valence electrons. The summed E-state index contributed by atoms with van der Waals surface area (Å²) in [6.07, 6.45) is 0.352. The van der Waals surface area contributed by atoms with Gasteiger partial charge in [-0.15, -0.1) is 0 Å². The monoisotopic (exact) mass is 315 g/mol. The number of hydrogen-bond acceptors (Lipinski definition) is 3. The van der Waals surface area contributed by atoms with Gasteiger partial charge in [-0.2, -0.15) is 0 Å². The van der Waals surface area contributed by atoms with Crippen molar-refractivity contribution in [2.24, 2.45) is 5.92 Å². The maximum Gasteiger partial charge on any atom is 0.0914 e. The van der Waals surface area contributed by atoms with Gasteiger partial charge in [0, 0.05) is 17.1 Å². The summed E-state index contributed by atoms with van der Waals surface area (Å²) in [5, 5.41) is 22.5. The molecule has 0 aliphatic heterocycles. The van der Waals surface area contributed by atoms with Gasteiger partial charge in [0.2, 0.25) is 0 Å². The van der Waals surface area contributed by atoms with Crippen LogP contribution in [0.5, 0.6) is 0 Å². The average Bonchev–Trinajstić information content (AvgIpc) is 2.33. The van der Waals surface area contributed by atoms with Crippen molar-refractivity contribution in [3.8, 4) is 0 Å². The first kappa shape index (κ1) is 15.6. The van der Waals surface area contributed by atoms with Crippen molar-refractivity contribution < 1.29 is 10.2 Å². The maximum atomic E-state index is 10.1. The number of benzene rings is 1. The lowest BCUT2D eigenvalue weighted by Gasteiger charge is -2.20. The van der Waals surface area contributed by atoms with Gasteiger partial charge in [-0.25, -0.2) is 0 Å². The minimum atomic E-state index is -0.552. The molecule has 0 saturated carbocycles. The highest BCUT2D eigenvalue weighted by Gasteiger charge is 2.13. The van der Waals surface area contributed by atoms with E-state index in [4.69, 9.17) is 0 Å². The Hall–Kier alpha value is -0.420. The molecule has 0 radical (unpaired) electrons. The highest BCUT2D eigenvalue weighted by molar-refractivity contribution is 9.10. The first-order valence-corrected chi connectivity index (χ1v) is 7.10. The van der Waals surface area contributed by atoms with Gasteiger partial charge in [-0.05, 0) is 30.0 Å². The minimum absolute atomic E-state index is 0.0480. The number of aliphatic hydroxyl groups excluding tert-OH is 2. The second kappa shape index (κ2) is 7.89. The van der Waals surface area contributed by atoms with E-state index in [1.807, 2.05) is 24.3 Å². The van der Waals surface area contributed by atoms with Crippen molar-refractivity contribution in [1.29, 1.82) is 0 Å². The molecule has 3 nitrogen and oxygen atoms in total. The van der Waals surface area contributed by atoms with Crippen LogP contribution in [0, 0.1) is 5.92 Å². The predicted molar refractivity (Wildman–Crippen MR) is 77.4 cm³/mol. The Morgan fingerprint density at radius 2 is 2.06 bits per heavy atom. The normalized spacial score (nSPS) is 14.8. The molecule has 3 N–H and O–H groups in total. The molecule has 4 heteroatoms. The van der Waals surface area contributed by atoms with Crippen LogP contribution >= 0.6 is 15.9 Å². The van der Waals surface area contributed by atoms with Crippen LogP contribution in [0.4, 0.5) is 0 Å². The zero-order chi connectivity index (χ0) is 13.5. The summed E-state index contributed by atoms with van der Waals surface area (Å²) in [4.78, 5) is 0. The highest BCUT2D eigenvalue weighted by Crippen LogP contribution is 2.18. The van der Waals surface area contributed by atoms with E-state index in [-0.39, 0.29) is 12.6 Å². The Morgan fingerprint density at radius 3 is 2.61 bits per heavy atom. The number of rotatable bonds is 7. The Balaban J connectivity index is 2.47. The van der Waals surface area contributed by atoms with Crippen molar-refractivity contribution in [3.05, 3.63) is 34.3 Å². The summed E-state index contributed by atoms with van der Waals surface area (Å²) >= 11 is 3.39. The van der Waals surface area contributed by atoms with Gasteiger partial charge < -0.3 is 15.5 Å². The topological polar surface area (TPSA) is 52.5 Å². The van der Waals surface area contributed by atoms with Crippen LogP contribution in [0.2, 0.25) is 0 Å². The van der Waals surface area contributed by atoms with E-state index >= 15 is 0 Å². The van der Waals surface area contributed by atoms with Crippen LogP contribution in [-0.4, -0.2) is 29.4 Å². The van der Waals surface area contributed by atoms with Crippen molar-refractivity contribution in [2.45, 2.75) is 32.4 Å². The molecule has 0 heterocycles. The van der Waals surface area contributed by atoms with Gasteiger partial charge in [0.05, 0.1) is 12.7 Å². The number of halogens is 1. The molecule has 1 aromatic carbocycles. The molecule has 1 aromatic rings. The lowest BCUT2D eigenvalue weighted by atomic mass is 10.0. The third-order valence-corrected chi connectivity index (χ3v) is 3.30. The number of hydrogen-bond donors (Lipinski definition) is 3. The summed E-state index contributed by atoms with van der Waals surface area (Å²) in [5.41, 5.74) is 0.873. The van der Waals surface area contributed by atoms with Gasteiger partial charge in [0.25, 0.3) is 0 Å². The van der Waals surface area contributed by atoms with Gasteiger partial charge in [-0.3, -0.25) is 0 Å². The minimum Gasteiger partial charge on any atom is -0.395 e. The van der Waals surface area contributed by atoms with Gasteiger partial charge in [0.15, 0.2) is 0 Å². The Labute approximate surface area is 117 Å². The summed E-state index contributed by atoms with van der Waals surface area (Å²) in [6, 6.07) is 7.68. The molecular formula is C14H22BrNO2. The first-order chi connectivity index (χ1) is 8.52. The van der Waals surface area contributed by atoms with Gasteiger partial charge in [-0.1, -0.05) is 41.9 Å². The Kier molecular flexibility index (Phi) is 6.86. The maximum absolute atomic E-state index is 10.1. The Bertz CT molecular complexity index is 357. The lowest BCUT2D eigenvalue weighted by Crippen LogP contribution is -2.36. The average molecular weight is 316 g/mol. The molecule has 1 rings (SSSR count).